The summed E-state index contributed by atoms with van der Waals surface area (Å²) in [6, 6.07) is 3.32. The summed E-state index contributed by atoms with van der Waals surface area (Å²) in [5.74, 6) is 0.227. The van der Waals surface area contributed by atoms with Crippen molar-refractivity contribution in [3.05, 3.63) is 23.9 Å². The number of hydrogen-bond acceptors (Lipinski definition) is 5. The lowest BCUT2D eigenvalue weighted by Gasteiger charge is -2.24. The van der Waals surface area contributed by atoms with Crippen LogP contribution in [-0.4, -0.2) is 34.8 Å². The number of aliphatic hydroxyl groups is 1. The van der Waals surface area contributed by atoms with E-state index in [1.807, 2.05) is 13.8 Å². The van der Waals surface area contributed by atoms with Crippen molar-refractivity contribution in [3.63, 3.8) is 0 Å². The molecule has 5 nitrogen and oxygen atoms in total. The van der Waals surface area contributed by atoms with Crippen LogP contribution >= 0.6 is 0 Å². The van der Waals surface area contributed by atoms with Crippen LogP contribution in [0.15, 0.2) is 18.3 Å². The SMILES string of the molecule is CCOC(=O)c1ccc(NC(C)(C)CO)nc1. The van der Waals surface area contributed by atoms with Gasteiger partial charge in [0.1, 0.15) is 5.82 Å². The van der Waals surface area contributed by atoms with Crippen LogP contribution in [0.5, 0.6) is 0 Å². The van der Waals surface area contributed by atoms with Gasteiger partial charge in [-0.25, -0.2) is 9.78 Å². The lowest BCUT2D eigenvalue weighted by molar-refractivity contribution is 0.0526. The highest BCUT2D eigenvalue weighted by molar-refractivity contribution is 5.89. The number of esters is 1. The number of nitrogens with zero attached hydrogens (tertiary/aromatic N) is 1. The molecule has 0 saturated carbocycles. The zero-order valence-electron chi connectivity index (χ0n) is 10.4. The number of aliphatic hydroxyl groups excluding tert-OH is 1. The molecule has 1 aromatic rings. The summed E-state index contributed by atoms with van der Waals surface area (Å²) in [6.45, 7) is 5.80. The van der Waals surface area contributed by atoms with Gasteiger partial charge < -0.3 is 15.2 Å². The second kappa shape index (κ2) is 5.63. The summed E-state index contributed by atoms with van der Waals surface area (Å²) in [5, 5.41) is 12.2. The Balaban J connectivity index is 2.71. The third-order valence-electron chi connectivity index (χ3n) is 2.14. The Kier molecular flexibility index (Phi) is 4.45. The second-order valence-corrected chi connectivity index (χ2v) is 4.32. The van der Waals surface area contributed by atoms with Crippen LogP contribution in [-0.2, 0) is 4.74 Å². The molecule has 0 bridgehead atoms. The largest absolute Gasteiger partial charge is 0.462 e. The summed E-state index contributed by atoms with van der Waals surface area (Å²) in [4.78, 5) is 15.5. The van der Waals surface area contributed by atoms with Crippen molar-refractivity contribution in [1.82, 2.24) is 4.98 Å². The predicted octanol–water partition coefficient (Wildman–Crippen LogP) is 1.44. The molecule has 0 spiro atoms. The van der Waals surface area contributed by atoms with E-state index in [-0.39, 0.29) is 12.6 Å². The molecular weight excluding hydrogens is 220 g/mol. The van der Waals surface area contributed by atoms with E-state index >= 15 is 0 Å². The minimum Gasteiger partial charge on any atom is -0.462 e. The molecule has 17 heavy (non-hydrogen) atoms. The highest BCUT2D eigenvalue weighted by Crippen LogP contribution is 2.12. The Labute approximate surface area is 101 Å². The fraction of sp³-hybridized carbons (Fsp3) is 0.500. The molecule has 94 valence electrons. The van der Waals surface area contributed by atoms with Gasteiger partial charge in [-0.15, -0.1) is 0 Å². The second-order valence-electron chi connectivity index (χ2n) is 4.32. The summed E-state index contributed by atoms with van der Waals surface area (Å²) >= 11 is 0. The van der Waals surface area contributed by atoms with Crippen molar-refractivity contribution < 1.29 is 14.6 Å². The Morgan fingerprint density at radius 1 is 1.53 bits per heavy atom. The first-order chi connectivity index (χ1) is 7.98. The molecule has 0 saturated heterocycles. The van der Waals surface area contributed by atoms with Crippen LogP contribution in [0.25, 0.3) is 0 Å². The van der Waals surface area contributed by atoms with Crippen LogP contribution in [0, 0.1) is 0 Å². The van der Waals surface area contributed by atoms with Gasteiger partial charge >= 0.3 is 5.97 Å². The number of hydrogen-bond donors (Lipinski definition) is 2. The van der Waals surface area contributed by atoms with Gasteiger partial charge in [0.2, 0.25) is 0 Å². The molecule has 0 fully saturated rings. The first kappa shape index (κ1) is 13.4. The molecule has 0 aromatic carbocycles. The van der Waals surface area contributed by atoms with Crippen molar-refractivity contribution in [2.24, 2.45) is 0 Å². The van der Waals surface area contributed by atoms with Gasteiger partial charge in [0, 0.05) is 6.20 Å². The summed E-state index contributed by atoms with van der Waals surface area (Å²) < 4.78 is 4.85. The van der Waals surface area contributed by atoms with Crippen molar-refractivity contribution in [1.29, 1.82) is 0 Å². The number of nitrogens with one attached hydrogen (secondary N) is 1. The maximum atomic E-state index is 11.4. The van der Waals surface area contributed by atoms with Crippen LogP contribution < -0.4 is 5.32 Å². The number of carbonyl (C=O) groups excluding carboxylic acids is 1. The molecule has 0 aliphatic heterocycles. The maximum Gasteiger partial charge on any atom is 0.339 e. The molecule has 0 aliphatic carbocycles. The highest BCUT2D eigenvalue weighted by Gasteiger charge is 2.16. The van der Waals surface area contributed by atoms with Gasteiger partial charge in [-0.1, -0.05) is 0 Å². The number of carbonyl (C=O) groups is 1. The predicted molar refractivity (Wildman–Crippen MR) is 65.0 cm³/mol. The standard InChI is InChI=1S/C12H18N2O3/c1-4-17-11(16)9-5-6-10(13-7-9)14-12(2,3)8-15/h5-7,15H,4,8H2,1-3H3,(H,13,14). The number of rotatable bonds is 5. The van der Waals surface area contributed by atoms with Crippen molar-refractivity contribution >= 4 is 11.8 Å². The van der Waals surface area contributed by atoms with Gasteiger partial charge in [-0.3, -0.25) is 0 Å². The van der Waals surface area contributed by atoms with E-state index < -0.39 is 5.54 Å². The molecule has 0 unspecified atom stereocenters. The molecule has 5 heteroatoms. The Bertz CT molecular complexity index is 374. The third kappa shape index (κ3) is 4.03. The van der Waals surface area contributed by atoms with Gasteiger partial charge in [0.05, 0.1) is 24.3 Å². The van der Waals surface area contributed by atoms with Crippen molar-refractivity contribution in [2.45, 2.75) is 26.3 Å². The van der Waals surface area contributed by atoms with Crippen LogP contribution in [0.4, 0.5) is 5.82 Å². The molecule has 1 aromatic heterocycles. The topological polar surface area (TPSA) is 71.5 Å². The molecule has 0 radical (unpaired) electrons. The number of ether oxygens (including phenoxy) is 1. The highest BCUT2D eigenvalue weighted by atomic mass is 16.5. The molecule has 0 amide bonds. The summed E-state index contributed by atoms with van der Waals surface area (Å²) in [7, 11) is 0. The monoisotopic (exact) mass is 238 g/mol. The van der Waals surface area contributed by atoms with E-state index in [4.69, 9.17) is 9.84 Å². The maximum absolute atomic E-state index is 11.4. The van der Waals surface area contributed by atoms with Crippen LogP contribution in [0.2, 0.25) is 0 Å². The van der Waals surface area contributed by atoms with E-state index in [0.717, 1.165) is 0 Å². The lowest BCUT2D eigenvalue weighted by atomic mass is 10.1. The zero-order chi connectivity index (χ0) is 12.9. The smallest absolute Gasteiger partial charge is 0.339 e. The molecule has 2 N–H and O–H groups in total. The first-order valence-electron chi connectivity index (χ1n) is 5.50. The normalized spacial score (nSPS) is 11.1. The van der Waals surface area contributed by atoms with Gasteiger partial charge in [-0.05, 0) is 32.9 Å². The average Bonchev–Trinajstić information content (AvgIpc) is 2.30. The minimum atomic E-state index is -0.446. The molecule has 0 atom stereocenters. The lowest BCUT2D eigenvalue weighted by Crippen LogP contribution is -2.35. The van der Waals surface area contributed by atoms with E-state index in [0.29, 0.717) is 18.0 Å². The minimum absolute atomic E-state index is 0.00565. The third-order valence-corrected chi connectivity index (χ3v) is 2.14. The molecule has 1 rings (SSSR count). The number of pyridine rings is 1. The number of anilines is 1. The summed E-state index contributed by atoms with van der Waals surface area (Å²) in [5.41, 5.74) is -0.0301. The number of aromatic nitrogens is 1. The van der Waals surface area contributed by atoms with Crippen LogP contribution in [0.1, 0.15) is 31.1 Å². The Hall–Kier alpha value is -1.62. The van der Waals surface area contributed by atoms with E-state index in [9.17, 15) is 4.79 Å². The quantitative estimate of drug-likeness (QED) is 0.759. The molecule has 1 heterocycles. The Morgan fingerprint density at radius 3 is 2.71 bits per heavy atom. The fourth-order valence-corrected chi connectivity index (χ4v) is 1.19. The summed E-state index contributed by atoms with van der Waals surface area (Å²) in [6.07, 6.45) is 1.45. The van der Waals surface area contributed by atoms with Gasteiger partial charge in [-0.2, -0.15) is 0 Å². The van der Waals surface area contributed by atoms with Crippen molar-refractivity contribution in [3.8, 4) is 0 Å². The molecular formula is C12H18N2O3. The van der Waals surface area contributed by atoms with E-state index in [1.165, 1.54) is 6.20 Å². The van der Waals surface area contributed by atoms with Crippen molar-refractivity contribution in [2.75, 3.05) is 18.5 Å². The Morgan fingerprint density at radius 2 is 2.24 bits per heavy atom. The van der Waals surface area contributed by atoms with E-state index in [2.05, 4.69) is 10.3 Å². The molecule has 0 aliphatic rings. The van der Waals surface area contributed by atoms with E-state index in [1.54, 1.807) is 19.1 Å². The van der Waals surface area contributed by atoms with Gasteiger partial charge in [0.25, 0.3) is 0 Å². The zero-order valence-corrected chi connectivity index (χ0v) is 10.4. The fourth-order valence-electron chi connectivity index (χ4n) is 1.19. The average molecular weight is 238 g/mol. The first-order valence-corrected chi connectivity index (χ1v) is 5.50. The van der Waals surface area contributed by atoms with Crippen LogP contribution in [0.3, 0.4) is 0 Å². The van der Waals surface area contributed by atoms with Gasteiger partial charge in [0.15, 0.2) is 0 Å².